The Kier molecular flexibility index (Phi) is 10.5. The molecule has 0 fully saturated rings. The Labute approximate surface area is 165 Å². The molecule has 0 aliphatic heterocycles. The Morgan fingerprint density at radius 1 is 1.19 bits per heavy atom. The smallest absolute Gasteiger partial charge is 0.424 e. The van der Waals surface area contributed by atoms with Crippen LogP contribution in [-0.2, 0) is 25.7 Å². The van der Waals surface area contributed by atoms with Gasteiger partial charge in [-0.25, -0.2) is 4.79 Å². The lowest BCUT2D eigenvalue weighted by Crippen LogP contribution is -2.33. The fourth-order valence-corrected chi connectivity index (χ4v) is 4.09. The highest BCUT2D eigenvalue weighted by Gasteiger charge is 2.21. The van der Waals surface area contributed by atoms with Gasteiger partial charge in [0, 0.05) is 24.9 Å². The van der Waals surface area contributed by atoms with Crippen molar-refractivity contribution in [1.29, 1.82) is 0 Å². The standard InChI is InChI=1S/C17H27N2O6PS/c1-5-19(12-13-20)17(21)24-18-14(4)15-8-10-16(11-9-15)25-26(27,22-6-2)23-7-3/h8-11,20H,5-7,12-13H2,1-4H3/b18-14-. The second-order valence-corrected chi connectivity index (χ2v) is 8.17. The first-order chi connectivity index (χ1) is 12.9. The molecule has 0 saturated heterocycles. The maximum absolute atomic E-state index is 11.9. The van der Waals surface area contributed by atoms with E-state index in [0.29, 0.717) is 31.2 Å². The van der Waals surface area contributed by atoms with E-state index in [1.54, 1.807) is 38.1 Å². The number of benzene rings is 1. The molecular weight excluding hydrogens is 391 g/mol. The van der Waals surface area contributed by atoms with Crippen LogP contribution in [0.1, 0.15) is 33.3 Å². The van der Waals surface area contributed by atoms with Gasteiger partial charge in [0.15, 0.2) is 0 Å². The molecule has 0 bridgehead atoms. The van der Waals surface area contributed by atoms with Crippen LogP contribution in [-0.4, -0.2) is 54.7 Å². The Morgan fingerprint density at radius 2 is 1.78 bits per heavy atom. The van der Waals surface area contributed by atoms with Gasteiger partial charge < -0.3 is 14.5 Å². The minimum atomic E-state index is -2.82. The van der Waals surface area contributed by atoms with E-state index in [1.165, 1.54) is 4.90 Å². The summed E-state index contributed by atoms with van der Waals surface area (Å²) in [6.45, 7) is 5.63. The topological polar surface area (TPSA) is 89.8 Å². The summed E-state index contributed by atoms with van der Waals surface area (Å²) in [6.07, 6.45) is -0.611. The second kappa shape index (κ2) is 12.0. The van der Waals surface area contributed by atoms with Gasteiger partial charge in [-0.1, -0.05) is 5.16 Å². The van der Waals surface area contributed by atoms with Crippen molar-refractivity contribution in [2.45, 2.75) is 27.7 Å². The summed E-state index contributed by atoms with van der Waals surface area (Å²) in [6, 6.07) is 6.98. The predicted octanol–water partition coefficient (Wildman–Crippen LogP) is 3.54. The average molecular weight is 418 g/mol. The van der Waals surface area contributed by atoms with E-state index in [1.807, 2.05) is 13.8 Å². The van der Waals surface area contributed by atoms with Gasteiger partial charge in [0.1, 0.15) is 5.75 Å². The van der Waals surface area contributed by atoms with Crippen LogP contribution in [0.5, 0.6) is 5.75 Å². The number of rotatable bonds is 11. The lowest BCUT2D eigenvalue weighted by molar-refractivity contribution is 0.0991. The van der Waals surface area contributed by atoms with Gasteiger partial charge in [0.25, 0.3) is 0 Å². The quantitative estimate of drug-likeness (QED) is 0.254. The summed E-state index contributed by atoms with van der Waals surface area (Å²) >= 11 is 5.33. The molecule has 0 atom stereocenters. The molecule has 0 unspecified atom stereocenters. The zero-order chi connectivity index (χ0) is 20.3. The first-order valence-electron chi connectivity index (χ1n) is 8.69. The van der Waals surface area contributed by atoms with Crippen LogP contribution in [0.2, 0.25) is 0 Å². The van der Waals surface area contributed by atoms with Crippen LogP contribution < -0.4 is 4.52 Å². The number of hydrogen-bond donors (Lipinski definition) is 1. The van der Waals surface area contributed by atoms with E-state index in [0.717, 1.165) is 5.56 Å². The van der Waals surface area contributed by atoms with E-state index in [4.69, 9.17) is 35.3 Å². The van der Waals surface area contributed by atoms with Crippen molar-refractivity contribution in [3.05, 3.63) is 29.8 Å². The van der Waals surface area contributed by atoms with E-state index < -0.39 is 12.8 Å². The number of likely N-dealkylation sites (N-methyl/N-ethyl adjacent to an activating group) is 1. The summed E-state index contributed by atoms with van der Waals surface area (Å²) in [7, 11) is 0. The molecule has 0 aliphatic rings. The van der Waals surface area contributed by atoms with Gasteiger partial charge in [-0.3, -0.25) is 13.9 Å². The summed E-state index contributed by atoms with van der Waals surface area (Å²) in [5.74, 6) is 0.522. The zero-order valence-corrected chi connectivity index (χ0v) is 17.8. The number of amides is 1. The highest BCUT2D eigenvalue weighted by atomic mass is 32.5. The monoisotopic (exact) mass is 418 g/mol. The molecule has 152 valence electrons. The fourth-order valence-electron chi connectivity index (χ4n) is 2.01. The van der Waals surface area contributed by atoms with Crippen LogP contribution in [0.15, 0.2) is 29.4 Å². The molecule has 0 radical (unpaired) electrons. The van der Waals surface area contributed by atoms with E-state index in [9.17, 15) is 4.79 Å². The lowest BCUT2D eigenvalue weighted by Gasteiger charge is -2.21. The average Bonchev–Trinajstić information content (AvgIpc) is 2.64. The van der Waals surface area contributed by atoms with Gasteiger partial charge in [-0.05, 0) is 57.5 Å². The number of carbonyl (C=O) groups is 1. The molecule has 1 rings (SSSR count). The number of carbonyl (C=O) groups excluding carboxylic acids is 1. The molecule has 0 aromatic heterocycles. The third-order valence-corrected chi connectivity index (χ3v) is 5.77. The highest BCUT2D eigenvalue weighted by molar-refractivity contribution is 8.07. The Bertz CT molecular complexity index is 658. The highest BCUT2D eigenvalue weighted by Crippen LogP contribution is 2.49. The number of oxime groups is 1. The number of nitrogens with zero attached hydrogens (tertiary/aromatic N) is 2. The summed E-state index contributed by atoms with van der Waals surface area (Å²) in [4.78, 5) is 18.1. The summed E-state index contributed by atoms with van der Waals surface area (Å²) < 4.78 is 16.6. The van der Waals surface area contributed by atoms with Gasteiger partial charge >= 0.3 is 12.8 Å². The van der Waals surface area contributed by atoms with E-state index >= 15 is 0 Å². The molecule has 0 heterocycles. The minimum absolute atomic E-state index is 0.135. The summed E-state index contributed by atoms with van der Waals surface area (Å²) in [5.41, 5.74) is 1.27. The first-order valence-corrected chi connectivity index (χ1v) is 11.2. The molecule has 0 saturated carbocycles. The van der Waals surface area contributed by atoms with Gasteiger partial charge in [0.2, 0.25) is 0 Å². The zero-order valence-electron chi connectivity index (χ0n) is 16.1. The van der Waals surface area contributed by atoms with Gasteiger partial charge in [0.05, 0.1) is 25.5 Å². The minimum Gasteiger partial charge on any atom is -0.424 e. The molecule has 1 aromatic rings. The lowest BCUT2D eigenvalue weighted by atomic mass is 10.1. The van der Waals surface area contributed by atoms with Crippen LogP contribution in [0.4, 0.5) is 4.79 Å². The molecule has 1 amide bonds. The van der Waals surface area contributed by atoms with Crippen LogP contribution in [0.25, 0.3) is 0 Å². The summed E-state index contributed by atoms with van der Waals surface area (Å²) in [5, 5.41) is 12.8. The van der Waals surface area contributed by atoms with E-state index in [-0.39, 0.29) is 13.2 Å². The van der Waals surface area contributed by atoms with Crippen LogP contribution in [0.3, 0.4) is 0 Å². The maximum Gasteiger partial charge on any atom is 0.436 e. The SMILES string of the molecule is CCOP(=S)(OCC)Oc1ccc(/C(C)=N\OC(=O)N(CC)CCO)cc1. The van der Waals surface area contributed by atoms with Crippen molar-refractivity contribution >= 4 is 30.3 Å². The predicted molar refractivity (Wildman–Crippen MR) is 108 cm³/mol. The molecule has 27 heavy (non-hydrogen) atoms. The Balaban J connectivity index is 2.77. The molecule has 1 N–H and O–H groups in total. The van der Waals surface area contributed by atoms with E-state index in [2.05, 4.69) is 5.16 Å². The fraction of sp³-hybridized carbons (Fsp3) is 0.529. The Morgan fingerprint density at radius 3 is 2.26 bits per heavy atom. The molecule has 8 nitrogen and oxygen atoms in total. The van der Waals surface area contributed by atoms with Crippen LogP contribution >= 0.6 is 6.72 Å². The first kappa shape index (κ1) is 23.5. The molecule has 0 aliphatic carbocycles. The third-order valence-electron chi connectivity index (χ3n) is 3.33. The van der Waals surface area contributed by atoms with Crippen molar-refractivity contribution in [3.63, 3.8) is 0 Å². The van der Waals surface area contributed by atoms with Gasteiger partial charge in [-0.15, -0.1) is 0 Å². The normalized spacial score (nSPS) is 12.0. The number of hydrogen-bond acceptors (Lipinski definition) is 8. The number of aliphatic hydroxyl groups is 1. The molecular formula is C17H27N2O6PS. The van der Waals surface area contributed by atoms with Crippen molar-refractivity contribution in [2.75, 3.05) is 32.9 Å². The number of aliphatic hydroxyl groups excluding tert-OH is 1. The Hall–Kier alpha value is -1.51. The van der Waals surface area contributed by atoms with Crippen molar-refractivity contribution in [1.82, 2.24) is 4.90 Å². The molecule has 0 spiro atoms. The maximum atomic E-state index is 11.9. The largest absolute Gasteiger partial charge is 0.436 e. The molecule has 1 aromatic carbocycles. The van der Waals surface area contributed by atoms with Crippen molar-refractivity contribution in [2.24, 2.45) is 5.16 Å². The third kappa shape index (κ3) is 7.94. The van der Waals surface area contributed by atoms with Crippen LogP contribution in [0, 0.1) is 0 Å². The second-order valence-electron chi connectivity index (χ2n) is 5.24. The van der Waals surface area contributed by atoms with Crippen molar-refractivity contribution < 1.29 is 28.3 Å². The van der Waals surface area contributed by atoms with Gasteiger partial charge in [-0.2, -0.15) is 0 Å². The van der Waals surface area contributed by atoms with Crippen molar-refractivity contribution in [3.8, 4) is 5.75 Å². The molecule has 10 heteroatoms.